The summed E-state index contributed by atoms with van der Waals surface area (Å²) >= 11 is 2.97. The van der Waals surface area contributed by atoms with Crippen LogP contribution in [0.25, 0.3) is 0 Å². The second-order valence-corrected chi connectivity index (χ2v) is 7.52. The molecule has 0 spiro atoms. The number of thioether (sulfide) groups is 1. The molecule has 7 heteroatoms. The molecule has 1 saturated heterocycles. The molecule has 0 aliphatic carbocycles. The number of carbonyl (C=O) groups is 1. The first-order chi connectivity index (χ1) is 11.3. The van der Waals surface area contributed by atoms with Crippen LogP contribution in [0.1, 0.15) is 24.8 Å². The van der Waals surface area contributed by atoms with Gasteiger partial charge in [-0.25, -0.2) is 0 Å². The monoisotopic (exact) mass is 348 g/mol. The first-order valence-corrected chi connectivity index (χ1v) is 9.58. The van der Waals surface area contributed by atoms with Gasteiger partial charge in [-0.1, -0.05) is 48.5 Å². The lowest BCUT2D eigenvalue weighted by atomic mass is 10.1. The minimum absolute atomic E-state index is 0.0238. The second kappa shape index (κ2) is 8.42. The summed E-state index contributed by atoms with van der Waals surface area (Å²) in [6, 6.07) is 10.3. The Morgan fingerprint density at radius 2 is 2.00 bits per heavy atom. The summed E-state index contributed by atoms with van der Waals surface area (Å²) in [7, 11) is 0. The van der Waals surface area contributed by atoms with E-state index >= 15 is 0 Å². The van der Waals surface area contributed by atoms with Gasteiger partial charge in [0.05, 0.1) is 6.54 Å². The molecule has 1 aliphatic rings. The summed E-state index contributed by atoms with van der Waals surface area (Å²) < 4.78 is 5.10. The van der Waals surface area contributed by atoms with Crippen LogP contribution in [0.3, 0.4) is 0 Å². The highest BCUT2D eigenvalue weighted by atomic mass is 32.2. The maximum Gasteiger partial charge on any atom is 0.242 e. The van der Waals surface area contributed by atoms with Crippen molar-refractivity contribution >= 4 is 35.1 Å². The summed E-state index contributed by atoms with van der Waals surface area (Å²) in [5.74, 6) is 1.26. The van der Waals surface area contributed by atoms with Crippen molar-refractivity contribution in [2.75, 3.05) is 25.0 Å². The third-order valence-electron chi connectivity index (χ3n) is 3.68. The Labute approximate surface area is 144 Å². The molecule has 0 bridgehead atoms. The number of hydrogen-bond donors (Lipinski definition) is 1. The zero-order valence-electron chi connectivity index (χ0n) is 12.9. The average molecular weight is 348 g/mol. The van der Waals surface area contributed by atoms with E-state index in [0.29, 0.717) is 12.5 Å². The van der Waals surface area contributed by atoms with E-state index < -0.39 is 0 Å². The number of anilines is 1. The first kappa shape index (κ1) is 16.4. The van der Waals surface area contributed by atoms with Crippen molar-refractivity contribution in [1.82, 2.24) is 14.3 Å². The summed E-state index contributed by atoms with van der Waals surface area (Å²) in [4.78, 5) is 18.6. The molecule has 0 radical (unpaired) electrons. The standard InChI is InChI=1S/C16H20N4OS2/c21-14(11-20-9-5-2-6-10-20)17-15-18-16(23-19-15)22-12-13-7-3-1-4-8-13/h1,3-4,7-8H,2,5-6,9-12H2,(H,17,19,21). The van der Waals surface area contributed by atoms with Gasteiger partial charge in [-0.2, -0.15) is 9.36 Å². The molecule has 0 saturated carbocycles. The predicted molar refractivity (Wildman–Crippen MR) is 94.8 cm³/mol. The van der Waals surface area contributed by atoms with Gasteiger partial charge in [-0.05, 0) is 43.0 Å². The molecule has 1 aliphatic heterocycles. The van der Waals surface area contributed by atoms with Crippen LogP contribution in [-0.4, -0.2) is 39.8 Å². The lowest BCUT2D eigenvalue weighted by Crippen LogP contribution is -2.36. The molecule has 23 heavy (non-hydrogen) atoms. The number of carbonyl (C=O) groups excluding carboxylic acids is 1. The van der Waals surface area contributed by atoms with Crippen molar-refractivity contribution in [1.29, 1.82) is 0 Å². The summed E-state index contributed by atoms with van der Waals surface area (Å²) in [5, 5.41) is 2.80. The van der Waals surface area contributed by atoms with Gasteiger partial charge in [0, 0.05) is 5.75 Å². The van der Waals surface area contributed by atoms with Crippen LogP contribution < -0.4 is 5.32 Å². The van der Waals surface area contributed by atoms with E-state index in [2.05, 4.69) is 31.7 Å². The van der Waals surface area contributed by atoms with Crippen LogP contribution >= 0.6 is 23.3 Å². The largest absolute Gasteiger partial charge is 0.295 e. The van der Waals surface area contributed by atoms with Gasteiger partial charge in [-0.15, -0.1) is 0 Å². The Kier molecular flexibility index (Phi) is 6.01. The predicted octanol–water partition coefficient (Wildman–Crippen LogP) is 3.25. The molecule has 3 rings (SSSR count). The Morgan fingerprint density at radius 3 is 2.78 bits per heavy atom. The third kappa shape index (κ3) is 5.30. The van der Waals surface area contributed by atoms with Crippen LogP contribution in [0.5, 0.6) is 0 Å². The number of benzene rings is 1. The fourth-order valence-electron chi connectivity index (χ4n) is 2.52. The van der Waals surface area contributed by atoms with E-state index in [1.807, 2.05) is 18.2 Å². The quantitative estimate of drug-likeness (QED) is 0.812. The second-order valence-electron chi connectivity index (χ2n) is 5.54. The van der Waals surface area contributed by atoms with Crippen molar-refractivity contribution in [3.05, 3.63) is 35.9 Å². The maximum absolute atomic E-state index is 12.0. The van der Waals surface area contributed by atoms with E-state index in [0.717, 1.165) is 23.2 Å². The van der Waals surface area contributed by atoms with Crippen LogP contribution in [-0.2, 0) is 10.5 Å². The van der Waals surface area contributed by atoms with E-state index in [1.54, 1.807) is 11.8 Å². The van der Waals surface area contributed by atoms with Gasteiger partial charge in [0.25, 0.3) is 0 Å². The van der Waals surface area contributed by atoms with Crippen molar-refractivity contribution in [2.45, 2.75) is 29.4 Å². The summed E-state index contributed by atoms with van der Waals surface area (Å²) in [6.07, 6.45) is 3.64. The molecule has 2 aromatic rings. The molecule has 0 atom stereocenters. The van der Waals surface area contributed by atoms with Crippen molar-refractivity contribution in [2.24, 2.45) is 0 Å². The topological polar surface area (TPSA) is 58.1 Å². The minimum Gasteiger partial charge on any atom is -0.295 e. The lowest BCUT2D eigenvalue weighted by Gasteiger charge is -2.25. The summed E-state index contributed by atoms with van der Waals surface area (Å²) in [5.41, 5.74) is 1.25. The minimum atomic E-state index is -0.0238. The number of amides is 1. The zero-order chi connectivity index (χ0) is 15.9. The molecule has 2 heterocycles. The van der Waals surface area contributed by atoms with Gasteiger partial charge in [0.1, 0.15) is 0 Å². The number of piperidine rings is 1. The Bertz CT molecular complexity index is 626. The Hall–Kier alpha value is -1.44. The zero-order valence-corrected chi connectivity index (χ0v) is 14.5. The summed E-state index contributed by atoms with van der Waals surface area (Å²) in [6.45, 7) is 2.46. The molecule has 5 nitrogen and oxygen atoms in total. The van der Waals surface area contributed by atoms with E-state index in [1.165, 1.54) is 36.4 Å². The van der Waals surface area contributed by atoms with E-state index in [-0.39, 0.29) is 5.91 Å². The third-order valence-corrected chi connectivity index (χ3v) is 5.58. The van der Waals surface area contributed by atoms with Crippen molar-refractivity contribution in [3.8, 4) is 0 Å². The average Bonchev–Trinajstić information content (AvgIpc) is 3.02. The highest BCUT2D eigenvalue weighted by Gasteiger charge is 2.15. The number of nitrogens with one attached hydrogen (secondary N) is 1. The van der Waals surface area contributed by atoms with E-state index in [4.69, 9.17) is 0 Å². The van der Waals surface area contributed by atoms with Crippen molar-refractivity contribution < 1.29 is 4.79 Å². The normalized spacial score (nSPS) is 15.5. The van der Waals surface area contributed by atoms with Gasteiger partial charge in [-0.3, -0.25) is 15.0 Å². The molecule has 1 N–H and O–H groups in total. The fourth-order valence-corrected chi connectivity index (χ4v) is 4.03. The number of nitrogens with zero attached hydrogens (tertiary/aromatic N) is 3. The number of rotatable bonds is 6. The number of hydrogen-bond acceptors (Lipinski definition) is 6. The molecule has 1 aromatic carbocycles. The molecule has 0 unspecified atom stereocenters. The van der Waals surface area contributed by atoms with E-state index in [9.17, 15) is 4.79 Å². The molecule has 1 fully saturated rings. The SMILES string of the molecule is O=C(CN1CCCCC1)Nc1nsc(SCc2ccccc2)n1. The smallest absolute Gasteiger partial charge is 0.242 e. The van der Waals surface area contributed by atoms with Gasteiger partial charge in [0.2, 0.25) is 11.9 Å². The lowest BCUT2D eigenvalue weighted by molar-refractivity contribution is -0.117. The van der Waals surface area contributed by atoms with Crippen LogP contribution in [0.15, 0.2) is 34.7 Å². The molecular weight excluding hydrogens is 328 g/mol. The fraction of sp³-hybridized carbons (Fsp3) is 0.438. The van der Waals surface area contributed by atoms with Crippen LogP contribution in [0.2, 0.25) is 0 Å². The molecular formula is C16H20N4OS2. The molecule has 1 amide bonds. The highest BCUT2D eigenvalue weighted by Crippen LogP contribution is 2.25. The highest BCUT2D eigenvalue weighted by molar-refractivity contribution is 8.00. The number of aromatic nitrogens is 2. The van der Waals surface area contributed by atoms with Crippen LogP contribution in [0.4, 0.5) is 5.95 Å². The van der Waals surface area contributed by atoms with Gasteiger partial charge < -0.3 is 0 Å². The first-order valence-electron chi connectivity index (χ1n) is 7.82. The van der Waals surface area contributed by atoms with Crippen molar-refractivity contribution in [3.63, 3.8) is 0 Å². The Balaban J connectivity index is 1.45. The molecule has 122 valence electrons. The van der Waals surface area contributed by atoms with Gasteiger partial charge in [0.15, 0.2) is 4.34 Å². The maximum atomic E-state index is 12.0. The Morgan fingerprint density at radius 1 is 1.22 bits per heavy atom. The van der Waals surface area contributed by atoms with Gasteiger partial charge >= 0.3 is 0 Å². The van der Waals surface area contributed by atoms with Crippen LogP contribution in [0, 0.1) is 0 Å². The number of likely N-dealkylation sites (tertiary alicyclic amines) is 1. The molecule has 1 aromatic heterocycles.